The minimum Gasteiger partial charge on any atom is -0.503 e. The van der Waals surface area contributed by atoms with Crippen LogP contribution in [0.1, 0.15) is 37.0 Å². The second kappa shape index (κ2) is 7.93. The molecule has 1 aliphatic rings. The number of benzene rings is 1. The van der Waals surface area contributed by atoms with Gasteiger partial charge in [-0.1, -0.05) is 23.5 Å². The van der Waals surface area contributed by atoms with Crippen LogP contribution in [0.25, 0.3) is 0 Å². The predicted octanol–water partition coefficient (Wildman–Crippen LogP) is 4.42. The van der Waals surface area contributed by atoms with Crippen LogP contribution in [0.4, 0.5) is 5.13 Å². The molecule has 0 spiro atoms. The molecule has 0 aliphatic carbocycles. The van der Waals surface area contributed by atoms with Crippen LogP contribution in [0.3, 0.4) is 0 Å². The Morgan fingerprint density at radius 3 is 2.33 bits per heavy atom. The van der Waals surface area contributed by atoms with Crippen molar-refractivity contribution in [3.8, 4) is 0 Å². The second-order valence-electron chi connectivity index (χ2n) is 6.69. The van der Waals surface area contributed by atoms with E-state index in [1.807, 2.05) is 37.4 Å². The van der Waals surface area contributed by atoms with E-state index in [4.69, 9.17) is 0 Å². The number of anilines is 1. The van der Waals surface area contributed by atoms with Crippen molar-refractivity contribution in [2.24, 2.45) is 0 Å². The molecule has 1 aliphatic heterocycles. The zero-order chi connectivity index (χ0) is 21.6. The highest BCUT2D eigenvalue weighted by Crippen LogP contribution is 2.43. The van der Waals surface area contributed by atoms with E-state index in [1.165, 1.54) is 27.6 Å². The summed E-state index contributed by atoms with van der Waals surface area (Å²) in [6, 6.07) is 6.78. The van der Waals surface area contributed by atoms with Crippen LogP contribution in [0, 0.1) is 20.8 Å². The number of carbonyl (C=O) groups is 2. The lowest BCUT2D eigenvalue weighted by molar-refractivity contribution is -0.117. The van der Waals surface area contributed by atoms with Crippen LogP contribution in [0.5, 0.6) is 0 Å². The maximum absolute atomic E-state index is 13.5. The summed E-state index contributed by atoms with van der Waals surface area (Å²) in [5, 5.41) is 20.6. The molecule has 3 heterocycles. The summed E-state index contributed by atoms with van der Waals surface area (Å²) < 4.78 is 0. The van der Waals surface area contributed by atoms with Gasteiger partial charge < -0.3 is 5.11 Å². The number of hydrogen-bond donors (Lipinski definition) is 1. The van der Waals surface area contributed by atoms with Crippen LogP contribution in [-0.2, 0) is 4.79 Å². The standard InChI is InChI=1S/C20H18N4O3S3/c1-9-18(29-10(2)21-9)16(25)14-15(12-5-7-13(28-4)8-6-12)24(19(27)17(14)26)20-23-22-11(3)30-20/h5-8,15,26H,1-4H3. The van der Waals surface area contributed by atoms with Gasteiger partial charge in [0.25, 0.3) is 5.91 Å². The van der Waals surface area contributed by atoms with Crippen molar-refractivity contribution in [2.45, 2.75) is 31.7 Å². The molecule has 1 unspecified atom stereocenters. The lowest BCUT2D eigenvalue weighted by Gasteiger charge is -2.24. The van der Waals surface area contributed by atoms with Crippen LogP contribution >= 0.6 is 34.4 Å². The second-order valence-corrected chi connectivity index (χ2v) is 9.94. The lowest BCUT2D eigenvalue weighted by atomic mass is 9.95. The number of aryl methyl sites for hydroxylation is 3. The molecule has 0 radical (unpaired) electrons. The minimum atomic E-state index is -0.796. The zero-order valence-electron chi connectivity index (χ0n) is 16.7. The molecule has 0 saturated carbocycles. The summed E-state index contributed by atoms with van der Waals surface area (Å²) >= 11 is 4.08. The molecule has 30 heavy (non-hydrogen) atoms. The number of Topliss-reactive ketones (excluding diaryl/α,β-unsaturated/α-hetero) is 1. The van der Waals surface area contributed by atoms with E-state index in [9.17, 15) is 14.7 Å². The Balaban J connectivity index is 1.87. The average Bonchev–Trinajstić information content (AvgIpc) is 3.37. The summed E-state index contributed by atoms with van der Waals surface area (Å²) in [5.74, 6) is -1.61. The van der Waals surface area contributed by atoms with Gasteiger partial charge in [-0.25, -0.2) is 4.98 Å². The quantitative estimate of drug-likeness (QED) is 0.446. The van der Waals surface area contributed by atoms with Crippen LogP contribution in [0.2, 0.25) is 0 Å². The van der Waals surface area contributed by atoms with Crippen molar-refractivity contribution in [1.29, 1.82) is 0 Å². The molecule has 7 nitrogen and oxygen atoms in total. The van der Waals surface area contributed by atoms with Crippen LogP contribution < -0.4 is 4.90 Å². The van der Waals surface area contributed by atoms with Crippen LogP contribution in [-0.4, -0.2) is 38.2 Å². The summed E-state index contributed by atoms with van der Waals surface area (Å²) in [6.07, 6.45) is 1.97. The first-order valence-corrected chi connectivity index (χ1v) is 11.9. The first kappa shape index (κ1) is 20.7. The average molecular weight is 459 g/mol. The van der Waals surface area contributed by atoms with E-state index in [0.29, 0.717) is 26.3 Å². The number of nitrogens with zero attached hydrogens (tertiary/aromatic N) is 4. The van der Waals surface area contributed by atoms with Gasteiger partial charge in [0.2, 0.25) is 10.9 Å². The van der Waals surface area contributed by atoms with Gasteiger partial charge >= 0.3 is 0 Å². The number of amides is 1. The third-order valence-corrected chi connectivity index (χ3v) is 7.37. The topological polar surface area (TPSA) is 96.3 Å². The third kappa shape index (κ3) is 3.44. The molecule has 4 rings (SSSR count). The Kier molecular flexibility index (Phi) is 5.48. The molecule has 3 aromatic rings. The number of rotatable bonds is 5. The van der Waals surface area contributed by atoms with Crippen molar-refractivity contribution in [3.63, 3.8) is 0 Å². The van der Waals surface area contributed by atoms with Gasteiger partial charge in [0.05, 0.1) is 27.2 Å². The van der Waals surface area contributed by atoms with Gasteiger partial charge in [0.15, 0.2) is 5.76 Å². The molecule has 1 aromatic carbocycles. The van der Waals surface area contributed by atoms with Gasteiger partial charge in [-0.2, -0.15) is 0 Å². The lowest BCUT2D eigenvalue weighted by Crippen LogP contribution is -2.31. The van der Waals surface area contributed by atoms with Crippen LogP contribution in [0.15, 0.2) is 40.5 Å². The number of aliphatic hydroxyl groups excluding tert-OH is 1. The monoisotopic (exact) mass is 458 g/mol. The maximum Gasteiger partial charge on any atom is 0.296 e. The molecule has 0 saturated heterocycles. The Labute approximate surface area is 185 Å². The first-order valence-electron chi connectivity index (χ1n) is 9.01. The number of ketones is 1. The molecular formula is C20H18N4O3S3. The van der Waals surface area contributed by atoms with E-state index in [0.717, 1.165) is 9.90 Å². The molecule has 1 amide bonds. The van der Waals surface area contributed by atoms with Gasteiger partial charge in [0.1, 0.15) is 5.01 Å². The third-order valence-electron chi connectivity index (χ3n) is 4.72. The molecule has 1 N–H and O–H groups in total. The summed E-state index contributed by atoms with van der Waals surface area (Å²) in [5.41, 5.74) is 1.33. The first-order chi connectivity index (χ1) is 14.3. The summed E-state index contributed by atoms with van der Waals surface area (Å²) in [4.78, 5) is 33.7. The van der Waals surface area contributed by atoms with Gasteiger partial charge in [-0.3, -0.25) is 14.5 Å². The SMILES string of the molecule is CSc1ccc(C2C(C(=O)c3sc(C)nc3C)=C(O)C(=O)N2c2nnc(C)s2)cc1. The van der Waals surface area contributed by atoms with E-state index >= 15 is 0 Å². The van der Waals surface area contributed by atoms with E-state index in [2.05, 4.69) is 15.2 Å². The Morgan fingerprint density at radius 2 is 1.80 bits per heavy atom. The van der Waals surface area contributed by atoms with Gasteiger partial charge in [0, 0.05) is 4.90 Å². The van der Waals surface area contributed by atoms with Crippen molar-refractivity contribution in [1.82, 2.24) is 15.2 Å². The molecule has 0 fully saturated rings. The smallest absolute Gasteiger partial charge is 0.296 e. The molecule has 10 heteroatoms. The largest absolute Gasteiger partial charge is 0.503 e. The molecule has 1 atom stereocenters. The van der Waals surface area contributed by atoms with Crippen molar-refractivity contribution in [2.75, 3.05) is 11.2 Å². The summed E-state index contributed by atoms with van der Waals surface area (Å²) in [6.45, 7) is 5.35. The fourth-order valence-corrected chi connectivity index (χ4v) is 5.38. The molecular weight excluding hydrogens is 440 g/mol. The minimum absolute atomic E-state index is 0.0384. The Morgan fingerprint density at radius 1 is 1.10 bits per heavy atom. The maximum atomic E-state index is 13.5. The van der Waals surface area contributed by atoms with Gasteiger partial charge in [-0.05, 0) is 44.7 Å². The van der Waals surface area contributed by atoms with Crippen molar-refractivity contribution >= 4 is 51.3 Å². The number of aliphatic hydroxyl groups is 1. The van der Waals surface area contributed by atoms with E-state index in [1.54, 1.807) is 25.6 Å². The molecule has 0 bridgehead atoms. The number of thioether (sulfide) groups is 1. The summed E-state index contributed by atoms with van der Waals surface area (Å²) in [7, 11) is 0. The molecule has 154 valence electrons. The van der Waals surface area contributed by atoms with E-state index < -0.39 is 23.5 Å². The fraction of sp³-hybridized carbons (Fsp3) is 0.250. The highest BCUT2D eigenvalue weighted by molar-refractivity contribution is 7.98. The highest BCUT2D eigenvalue weighted by atomic mass is 32.2. The highest BCUT2D eigenvalue weighted by Gasteiger charge is 2.46. The van der Waals surface area contributed by atoms with Gasteiger partial charge in [-0.15, -0.1) is 33.3 Å². The Hall–Kier alpha value is -2.56. The zero-order valence-corrected chi connectivity index (χ0v) is 19.1. The predicted molar refractivity (Wildman–Crippen MR) is 119 cm³/mol. The van der Waals surface area contributed by atoms with Crippen molar-refractivity contribution in [3.05, 3.63) is 61.7 Å². The number of hydrogen-bond acceptors (Lipinski definition) is 9. The van der Waals surface area contributed by atoms with E-state index in [-0.39, 0.29) is 5.57 Å². The number of carbonyl (C=O) groups excluding carboxylic acids is 2. The number of thiazole rings is 1. The Bertz CT molecular complexity index is 1180. The van der Waals surface area contributed by atoms with Crippen molar-refractivity contribution < 1.29 is 14.7 Å². The molecule has 2 aromatic heterocycles. The number of aromatic nitrogens is 3. The fourth-order valence-electron chi connectivity index (χ4n) is 3.38. The normalized spacial score (nSPS) is 16.6.